The van der Waals surface area contributed by atoms with Crippen LogP contribution in [0.3, 0.4) is 0 Å². The summed E-state index contributed by atoms with van der Waals surface area (Å²) in [5.74, 6) is -0.846. The molecule has 1 amide bonds. The minimum Gasteiger partial charge on any atom is -0.478 e. The molecule has 0 saturated heterocycles. The second kappa shape index (κ2) is 7.35. The Morgan fingerprint density at radius 1 is 1.07 bits per heavy atom. The molecule has 0 aliphatic heterocycles. The summed E-state index contributed by atoms with van der Waals surface area (Å²) in [4.78, 5) is 23.1. The van der Waals surface area contributed by atoms with Crippen LogP contribution < -0.4 is 5.43 Å². The van der Waals surface area contributed by atoms with Crippen LogP contribution in [0.2, 0.25) is 0 Å². The van der Waals surface area contributed by atoms with Gasteiger partial charge in [-0.2, -0.15) is 5.10 Å². The van der Waals surface area contributed by atoms with Gasteiger partial charge in [-0.3, -0.25) is 4.79 Å². The third-order valence-corrected chi connectivity index (χ3v) is 4.88. The van der Waals surface area contributed by atoms with E-state index < -0.39 is 5.97 Å². The first-order chi connectivity index (χ1) is 12.8. The van der Waals surface area contributed by atoms with Crippen molar-refractivity contribution in [1.29, 1.82) is 0 Å². The number of carbonyl (C=O) groups is 2. The first-order valence-corrected chi connectivity index (χ1v) is 9.02. The van der Waals surface area contributed by atoms with Crippen LogP contribution in [0.4, 0.5) is 0 Å². The molecule has 2 N–H and O–H groups in total. The number of benzene rings is 2. The molecule has 140 valence electrons. The van der Waals surface area contributed by atoms with Gasteiger partial charge in [0.1, 0.15) is 0 Å². The lowest BCUT2D eigenvalue weighted by Gasteiger charge is -2.19. The minimum absolute atomic E-state index is 0.0444. The van der Waals surface area contributed by atoms with Gasteiger partial charge in [0.05, 0.1) is 11.8 Å². The van der Waals surface area contributed by atoms with Crippen LogP contribution in [0.25, 0.3) is 0 Å². The number of hydrogen-bond donors (Lipinski definition) is 2. The lowest BCUT2D eigenvalue weighted by atomic mass is 9.86. The molecule has 3 rings (SSSR count). The maximum Gasteiger partial charge on any atom is 0.335 e. The Balaban J connectivity index is 1.53. The van der Waals surface area contributed by atoms with Crippen molar-refractivity contribution in [3.8, 4) is 0 Å². The number of carboxylic acid groups (broad SMARTS) is 1. The quantitative estimate of drug-likeness (QED) is 0.623. The zero-order valence-electron chi connectivity index (χ0n) is 15.8. The number of hydrazone groups is 1. The molecule has 5 heteroatoms. The van der Waals surface area contributed by atoms with Crippen molar-refractivity contribution < 1.29 is 14.7 Å². The van der Waals surface area contributed by atoms with E-state index in [0.29, 0.717) is 0 Å². The monoisotopic (exact) mass is 364 g/mol. The smallest absolute Gasteiger partial charge is 0.335 e. The summed E-state index contributed by atoms with van der Waals surface area (Å²) in [5, 5.41) is 12.9. The van der Waals surface area contributed by atoms with E-state index in [2.05, 4.69) is 55.6 Å². The van der Waals surface area contributed by atoms with Gasteiger partial charge in [-0.05, 0) is 46.6 Å². The highest BCUT2D eigenvalue weighted by atomic mass is 16.4. The molecule has 2 atom stereocenters. The van der Waals surface area contributed by atoms with E-state index in [-0.39, 0.29) is 28.7 Å². The van der Waals surface area contributed by atoms with Crippen LogP contribution in [0.1, 0.15) is 60.2 Å². The number of rotatable bonds is 5. The molecule has 1 aliphatic rings. The largest absolute Gasteiger partial charge is 0.478 e. The summed E-state index contributed by atoms with van der Waals surface area (Å²) >= 11 is 0. The molecule has 2 aromatic carbocycles. The summed E-state index contributed by atoms with van der Waals surface area (Å²) in [6.07, 6.45) is 2.35. The van der Waals surface area contributed by atoms with E-state index in [0.717, 1.165) is 12.0 Å². The summed E-state index contributed by atoms with van der Waals surface area (Å²) < 4.78 is 0. The second-order valence-electron chi connectivity index (χ2n) is 7.98. The molecule has 2 aromatic rings. The summed E-state index contributed by atoms with van der Waals surface area (Å²) in [6.45, 7) is 6.55. The molecule has 0 radical (unpaired) electrons. The van der Waals surface area contributed by atoms with Crippen LogP contribution in [0.15, 0.2) is 53.6 Å². The third kappa shape index (κ3) is 4.61. The maximum atomic E-state index is 12.2. The second-order valence-corrected chi connectivity index (χ2v) is 7.98. The van der Waals surface area contributed by atoms with Crippen LogP contribution >= 0.6 is 0 Å². The van der Waals surface area contributed by atoms with Crippen LogP contribution in [0, 0.1) is 5.92 Å². The highest BCUT2D eigenvalue weighted by Crippen LogP contribution is 2.47. The van der Waals surface area contributed by atoms with Crippen molar-refractivity contribution in [2.45, 2.75) is 38.5 Å². The third-order valence-electron chi connectivity index (χ3n) is 4.88. The van der Waals surface area contributed by atoms with Gasteiger partial charge in [-0.1, -0.05) is 57.2 Å². The maximum absolute atomic E-state index is 12.2. The molecule has 1 aliphatic carbocycles. The lowest BCUT2D eigenvalue weighted by molar-refractivity contribution is -0.122. The highest BCUT2D eigenvalue weighted by molar-refractivity contribution is 5.89. The van der Waals surface area contributed by atoms with Crippen molar-refractivity contribution in [3.63, 3.8) is 0 Å². The predicted molar refractivity (Wildman–Crippen MR) is 105 cm³/mol. The Morgan fingerprint density at radius 3 is 2.26 bits per heavy atom. The average Bonchev–Trinajstić information content (AvgIpc) is 3.42. The van der Waals surface area contributed by atoms with Crippen molar-refractivity contribution in [2.75, 3.05) is 0 Å². The van der Waals surface area contributed by atoms with E-state index in [4.69, 9.17) is 5.11 Å². The molecule has 0 unspecified atom stereocenters. The zero-order valence-corrected chi connectivity index (χ0v) is 15.8. The summed E-state index contributed by atoms with van der Waals surface area (Å²) in [5.41, 5.74) is 6.12. The topological polar surface area (TPSA) is 78.8 Å². The van der Waals surface area contributed by atoms with Crippen LogP contribution in [0.5, 0.6) is 0 Å². The molecule has 0 aromatic heterocycles. The van der Waals surface area contributed by atoms with Gasteiger partial charge in [0.2, 0.25) is 5.91 Å². The number of nitrogens with one attached hydrogen (secondary N) is 1. The molecule has 1 saturated carbocycles. The van der Waals surface area contributed by atoms with E-state index >= 15 is 0 Å². The number of carbonyl (C=O) groups excluding carboxylic acids is 1. The Bertz CT molecular complexity index is 862. The Morgan fingerprint density at radius 2 is 1.70 bits per heavy atom. The molecular weight excluding hydrogens is 340 g/mol. The van der Waals surface area contributed by atoms with Crippen molar-refractivity contribution in [1.82, 2.24) is 5.43 Å². The van der Waals surface area contributed by atoms with Gasteiger partial charge >= 0.3 is 5.97 Å². The normalized spacial score (nSPS) is 19.1. The number of nitrogens with zero attached hydrogens (tertiary/aromatic N) is 1. The fourth-order valence-corrected chi connectivity index (χ4v) is 3.05. The van der Waals surface area contributed by atoms with Gasteiger partial charge in [0.25, 0.3) is 0 Å². The summed E-state index contributed by atoms with van der Waals surface area (Å²) in [6, 6.07) is 14.8. The number of carboxylic acids is 1. The van der Waals surface area contributed by atoms with E-state index in [9.17, 15) is 9.59 Å². The number of aromatic carboxylic acids is 1. The predicted octanol–water partition coefficient (Wildman–Crippen LogP) is 3.94. The standard InChI is InChI=1S/C22H24N2O3/c1-22(2,3)17-10-8-15(9-11-17)18-12-19(18)20(25)24-23-13-14-4-6-16(7-5-14)21(26)27/h4-11,13,18-19H,12H2,1-3H3,(H,24,25)(H,26,27)/t18-,19-/m1/s1. The van der Waals surface area contributed by atoms with Crippen LogP contribution in [-0.2, 0) is 10.2 Å². The molecule has 1 fully saturated rings. The minimum atomic E-state index is -0.970. The number of amides is 1. The Hall–Kier alpha value is -2.95. The van der Waals surface area contributed by atoms with Crippen molar-refractivity contribution >= 4 is 18.1 Å². The fourth-order valence-electron chi connectivity index (χ4n) is 3.05. The van der Waals surface area contributed by atoms with Gasteiger partial charge in [0.15, 0.2) is 0 Å². The first kappa shape index (κ1) is 18.8. The van der Waals surface area contributed by atoms with Gasteiger partial charge < -0.3 is 5.11 Å². The van der Waals surface area contributed by atoms with E-state index in [1.54, 1.807) is 12.1 Å². The Labute approximate surface area is 159 Å². The zero-order chi connectivity index (χ0) is 19.6. The van der Waals surface area contributed by atoms with Gasteiger partial charge in [-0.15, -0.1) is 0 Å². The summed E-state index contributed by atoms with van der Waals surface area (Å²) in [7, 11) is 0. The fraction of sp³-hybridized carbons (Fsp3) is 0.318. The SMILES string of the molecule is CC(C)(C)c1ccc([C@H]2C[C@H]2C(=O)NN=Cc2ccc(C(=O)O)cc2)cc1. The molecular formula is C22H24N2O3. The van der Waals surface area contributed by atoms with Crippen LogP contribution in [-0.4, -0.2) is 23.2 Å². The number of hydrogen-bond acceptors (Lipinski definition) is 3. The molecule has 0 bridgehead atoms. The van der Waals surface area contributed by atoms with Gasteiger partial charge in [0, 0.05) is 5.92 Å². The van der Waals surface area contributed by atoms with Crippen molar-refractivity contribution in [2.24, 2.45) is 11.0 Å². The molecule has 5 nitrogen and oxygen atoms in total. The Kier molecular flexibility index (Phi) is 5.13. The highest BCUT2D eigenvalue weighted by Gasteiger charge is 2.43. The van der Waals surface area contributed by atoms with E-state index in [1.807, 2.05) is 0 Å². The molecule has 27 heavy (non-hydrogen) atoms. The first-order valence-electron chi connectivity index (χ1n) is 9.02. The van der Waals surface area contributed by atoms with Crippen molar-refractivity contribution in [3.05, 3.63) is 70.8 Å². The van der Waals surface area contributed by atoms with E-state index in [1.165, 1.54) is 29.5 Å². The lowest BCUT2D eigenvalue weighted by Crippen LogP contribution is -2.20. The molecule has 0 heterocycles. The molecule has 0 spiro atoms. The average molecular weight is 364 g/mol. The van der Waals surface area contributed by atoms with Gasteiger partial charge in [-0.25, -0.2) is 10.2 Å².